The monoisotopic (exact) mass is 384 g/mol. The maximum Gasteiger partial charge on any atom is 0.256 e. The zero-order valence-electron chi connectivity index (χ0n) is 15.4. The summed E-state index contributed by atoms with van der Waals surface area (Å²) in [6.07, 6.45) is 0.194. The van der Waals surface area contributed by atoms with Gasteiger partial charge in [0.15, 0.2) is 23.0 Å². The fraction of sp³-hybridized carbons (Fsp3) is 0.200. The molecule has 1 fully saturated rings. The van der Waals surface area contributed by atoms with Crippen molar-refractivity contribution in [3.63, 3.8) is 0 Å². The third kappa shape index (κ3) is 3.44. The Morgan fingerprint density at radius 1 is 1.04 bits per heavy atom. The molecule has 0 aromatic heterocycles. The minimum absolute atomic E-state index is 0.0235. The van der Waals surface area contributed by atoms with Crippen molar-refractivity contribution in [3.8, 4) is 23.0 Å². The van der Waals surface area contributed by atoms with Gasteiger partial charge in [-0.1, -0.05) is 6.07 Å². The number of carbonyl (C=O) groups is 2. The fourth-order valence-electron chi connectivity index (χ4n) is 3.15. The highest BCUT2D eigenvalue weighted by Crippen LogP contribution is 2.34. The van der Waals surface area contributed by atoms with Crippen molar-refractivity contribution >= 4 is 17.5 Å². The lowest BCUT2D eigenvalue weighted by Crippen LogP contribution is -2.22. The molecular weight excluding hydrogens is 364 g/mol. The number of imide groups is 1. The van der Waals surface area contributed by atoms with Crippen molar-refractivity contribution < 1.29 is 29.3 Å². The predicted octanol–water partition coefficient (Wildman–Crippen LogP) is 1.30. The van der Waals surface area contributed by atoms with Crippen LogP contribution < -0.4 is 20.5 Å². The van der Waals surface area contributed by atoms with Gasteiger partial charge in [0, 0.05) is 11.3 Å². The summed E-state index contributed by atoms with van der Waals surface area (Å²) in [5, 5.41) is 21.8. The van der Waals surface area contributed by atoms with Crippen molar-refractivity contribution in [2.24, 2.45) is 11.7 Å². The van der Waals surface area contributed by atoms with E-state index in [9.17, 15) is 19.8 Å². The van der Waals surface area contributed by atoms with Crippen LogP contribution in [0, 0.1) is 5.92 Å². The largest absolute Gasteiger partial charge is 0.504 e. The second kappa shape index (κ2) is 7.51. The minimum atomic E-state index is -0.804. The summed E-state index contributed by atoms with van der Waals surface area (Å²) < 4.78 is 10.2. The lowest BCUT2D eigenvalue weighted by atomic mass is 9.90. The molecule has 0 aliphatic carbocycles. The molecule has 0 saturated carbocycles. The number of ether oxygens (including phenoxy) is 2. The van der Waals surface area contributed by atoms with Gasteiger partial charge in [-0.25, -0.2) is 0 Å². The number of phenols is 2. The number of aromatic hydroxyl groups is 2. The van der Waals surface area contributed by atoms with E-state index >= 15 is 0 Å². The highest BCUT2D eigenvalue weighted by molar-refractivity contribution is 6.18. The number of nitrogens with two attached hydrogens (primary N) is 1. The molecule has 2 amide bonds. The first-order valence-electron chi connectivity index (χ1n) is 8.43. The molecule has 8 nitrogen and oxygen atoms in total. The molecule has 3 rings (SSSR count). The Bertz CT molecular complexity index is 983. The summed E-state index contributed by atoms with van der Waals surface area (Å²) in [6, 6.07) is 9.13. The third-order valence-electron chi connectivity index (χ3n) is 4.61. The molecule has 1 heterocycles. The van der Waals surface area contributed by atoms with Crippen LogP contribution in [-0.2, 0) is 16.0 Å². The Morgan fingerprint density at radius 2 is 1.64 bits per heavy atom. The van der Waals surface area contributed by atoms with Gasteiger partial charge in [-0.2, -0.15) is 0 Å². The van der Waals surface area contributed by atoms with Gasteiger partial charge < -0.3 is 25.4 Å². The molecule has 1 aliphatic heterocycles. The van der Waals surface area contributed by atoms with Gasteiger partial charge in [0.25, 0.3) is 5.91 Å². The Morgan fingerprint density at radius 3 is 2.29 bits per heavy atom. The zero-order valence-corrected chi connectivity index (χ0v) is 15.4. The number of hydrogen-bond acceptors (Lipinski definition) is 7. The number of hydrogen-bond donors (Lipinski definition) is 4. The lowest BCUT2D eigenvalue weighted by Gasteiger charge is -2.14. The smallest absolute Gasteiger partial charge is 0.256 e. The normalized spacial score (nSPS) is 18.0. The molecule has 1 aliphatic rings. The van der Waals surface area contributed by atoms with Crippen LogP contribution in [0.5, 0.6) is 23.0 Å². The van der Waals surface area contributed by atoms with Crippen LogP contribution in [0.25, 0.3) is 5.70 Å². The highest BCUT2D eigenvalue weighted by Gasteiger charge is 2.38. The predicted molar refractivity (Wildman–Crippen MR) is 101 cm³/mol. The average Bonchev–Trinajstić information content (AvgIpc) is 2.96. The average molecular weight is 384 g/mol. The topological polar surface area (TPSA) is 131 Å². The maximum absolute atomic E-state index is 12.4. The summed E-state index contributed by atoms with van der Waals surface area (Å²) in [5.41, 5.74) is 7.62. The number of amides is 2. The number of methoxy groups -OCH3 is 2. The first-order valence-corrected chi connectivity index (χ1v) is 8.43. The number of nitrogens with one attached hydrogen (secondary N) is 1. The molecule has 1 unspecified atom stereocenters. The Kier molecular flexibility index (Phi) is 5.12. The van der Waals surface area contributed by atoms with Crippen molar-refractivity contribution in [2.75, 3.05) is 14.2 Å². The maximum atomic E-state index is 12.4. The van der Waals surface area contributed by atoms with Crippen LogP contribution in [0.4, 0.5) is 0 Å². The second-order valence-electron chi connectivity index (χ2n) is 6.30. The van der Waals surface area contributed by atoms with Gasteiger partial charge in [-0.05, 0) is 42.3 Å². The van der Waals surface area contributed by atoms with Gasteiger partial charge in [-0.3, -0.25) is 14.9 Å². The SMILES string of the molecule is COc1cc(CC2C(=O)NC(=O)/C2=C(/N)c2ccc(O)c(OC)c2)ccc1O. The van der Waals surface area contributed by atoms with Crippen LogP contribution in [-0.4, -0.2) is 36.2 Å². The van der Waals surface area contributed by atoms with E-state index in [0.717, 1.165) is 0 Å². The van der Waals surface area contributed by atoms with Crippen molar-refractivity contribution in [1.82, 2.24) is 5.32 Å². The van der Waals surface area contributed by atoms with Crippen LogP contribution in [0.2, 0.25) is 0 Å². The van der Waals surface area contributed by atoms with Crippen LogP contribution in [0.3, 0.4) is 0 Å². The van der Waals surface area contributed by atoms with E-state index in [1.165, 1.54) is 38.5 Å². The van der Waals surface area contributed by atoms with Gasteiger partial charge in [-0.15, -0.1) is 0 Å². The van der Waals surface area contributed by atoms with E-state index < -0.39 is 17.7 Å². The minimum Gasteiger partial charge on any atom is -0.504 e. The van der Waals surface area contributed by atoms with Gasteiger partial charge in [0.2, 0.25) is 5.91 Å². The summed E-state index contributed by atoms with van der Waals surface area (Å²) in [5.74, 6) is -1.45. The van der Waals surface area contributed by atoms with Gasteiger partial charge in [0.05, 0.1) is 25.7 Å². The molecule has 0 radical (unpaired) electrons. The molecule has 1 atom stereocenters. The Balaban J connectivity index is 2.01. The van der Waals surface area contributed by atoms with Gasteiger partial charge >= 0.3 is 0 Å². The van der Waals surface area contributed by atoms with E-state index in [0.29, 0.717) is 11.1 Å². The van der Waals surface area contributed by atoms with E-state index in [2.05, 4.69) is 5.32 Å². The summed E-state index contributed by atoms with van der Waals surface area (Å²) in [7, 11) is 2.82. The van der Waals surface area contributed by atoms with Crippen LogP contribution >= 0.6 is 0 Å². The molecule has 0 spiro atoms. The number of phenolic OH excluding ortho intramolecular Hbond substituents is 2. The standard InChI is InChI=1S/C20H20N2O6/c1-27-15-8-10(3-5-13(15)23)7-12-17(20(26)22-19(12)25)18(21)11-4-6-14(24)16(9-11)28-2/h3-6,8-9,12,23-24H,7,21H2,1-2H3,(H,22,25,26)/b18-17+. The van der Waals surface area contributed by atoms with E-state index in [1.54, 1.807) is 12.1 Å². The zero-order chi connectivity index (χ0) is 20.4. The van der Waals surface area contributed by atoms with Crippen molar-refractivity contribution in [3.05, 3.63) is 53.1 Å². The highest BCUT2D eigenvalue weighted by atomic mass is 16.5. The molecule has 2 aromatic rings. The number of rotatable bonds is 5. The Labute approximate surface area is 161 Å². The molecule has 28 heavy (non-hydrogen) atoms. The molecule has 5 N–H and O–H groups in total. The van der Waals surface area contributed by atoms with Crippen molar-refractivity contribution in [1.29, 1.82) is 0 Å². The summed E-state index contributed by atoms with van der Waals surface area (Å²) >= 11 is 0. The van der Waals surface area contributed by atoms with E-state index in [1.807, 2.05) is 0 Å². The van der Waals surface area contributed by atoms with Crippen LogP contribution in [0.15, 0.2) is 42.0 Å². The molecule has 1 saturated heterocycles. The number of carbonyl (C=O) groups excluding carboxylic acids is 2. The molecule has 0 bridgehead atoms. The quantitative estimate of drug-likeness (QED) is 0.451. The van der Waals surface area contributed by atoms with Crippen LogP contribution in [0.1, 0.15) is 11.1 Å². The fourth-order valence-corrected chi connectivity index (χ4v) is 3.15. The second-order valence-corrected chi connectivity index (χ2v) is 6.30. The third-order valence-corrected chi connectivity index (χ3v) is 4.61. The first kappa shape index (κ1) is 19.1. The number of benzene rings is 2. The van der Waals surface area contributed by atoms with E-state index in [-0.39, 0.29) is 40.7 Å². The van der Waals surface area contributed by atoms with Crippen molar-refractivity contribution in [2.45, 2.75) is 6.42 Å². The molecule has 8 heteroatoms. The molecule has 146 valence electrons. The first-order chi connectivity index (χ1) is 13.3. The Hall–Kier alpha value is -3.68. The molecular formula is C20H20N2O6. The summed E-state index contributed by atoms with van der Waals surface area (Å²) in [6.45, 7) is 0. The molecule has 2 aromatic carbocycles. The lowest BCUT2D eigenvalue weighted by molar-refractivity contribution is -0.125. The van der Waals surface area contributed by atoms with Gasteiger partial charge in [0.1, 0.15) is 0 Å². The van der Waals surface area contributed by atoms with E-state index in [4.69, 9.17) is 15.2 Å². The summed E-state index contributed by atoms with van der Waals surface area (Å²) in [4.78, 5) is 24.8.